The highest BCUT2D eigenvalue weighted by Gasteiger charge is 2.17. The second-order valence-corrected chi connectivity index (χ2v) is 8.38. The van der Waals surface area contributed by atoms with E-state index in [-0.39, 0.29) is 29.8 Å². The molecule has 0 radical (unpaired) electrons. The van der Waals surface area contributed by atoms with E-state index in [1.54, 1.807) is 29.1 Å². The first-order valence-corrected chi connectivity index (χ1v) is 11.1. The molecule has 0 fully saturated rings. The van der Waals surface area contributed by atoms with Gasteiger partial charge in [-0.05, 0) is 52.5 Å². The van der Waals surface area contributed by atoms with Crippen molar-refractivity contribution in [3.63, 3.8) is 0 Å². The van der Waals surface area contributed by atoms with E-state index >= 15 is 0 Å². The minimum atomic E-state index is -0.336. The predicted molar refractivity (Wildman–Crippen MR) is 124 cm³/mol. The lowest BCUT2D eigenvalue weighted by molar-refractivity contribution is 0.0817. The standard InChI is InChI=1S/C21H32N6O3S/c1-14(2)30-10-8-23-21(29)26-17(7-9-27(3)4)15-5-6-18(24-11-15)20(28)25-19-13-31-12-16(19)22/h5-6,11-14,17H,7-10,22H2,1-4H3,(H,25,28)(H2,23,26,29). The molecule has 31 heavy (non-hydrogen) atoms. The van der Waals surface area contributed by atoms with Crippen molar-refractivity contribution in [2.24, 2.45) is 0 Å². The van der Waals surface area contributed by atoms with E-state index in [2.05, 4.69) is 20.9 Å². The monoisotopic (exact) mass is 448 g/mol. The Bertz CT molecular complexity index is 838. The van der Waals surface area contributed by atoms with Crippen LogP contribution >= 0.6 is 11.3 Å². The van der Waals surface area contributed by atoms with Crippen LogP contribution in [0.4, 0.5) is 16.2 Å². The number of ether oxygens (including phenoxy) is 1. The molecule has 2 aromatic rings. The van der Waals surface area contributed by atoms with Crippen LogP contribution in [0.2, 0.25) is 0 Å². The van der Waals surface area contributed by atoms with Crippen LogP contribution < -0.4 is 21.7 Å². The number of thiophene rings is 1. The van der Waals surface area contributed by atoms with Crippen LogP contribution in [0.5, 0.6) is 0 Å². The lowest BCUT2D eigenvalue weighted by Crippen LogP contribution is -2.40. The number of nitrogen functional groups attached to an aromatic ring is 1. The topological polar surface area (TPSA) is 122 Å². The van der Waals surface area contributed by atoms with E-state index in [4.69, 9.17) is 10.5 Å². The van der Waals surface area contributed by atoms with E-state index in [0.717, 1.165) is 12.1 Å². The fourth-order valence-electron chi connectivity index (χ4n) is 2.72. The Morgan fingerprint density at radius 1 is 1.26 bits per heavy atom. The van der Waals surface area contributed by atoms with Crippen LogP contribution in [0.1, 0.15) is 42.4 Å². The van der Waals surface area contributed by atoms with Gasteiger partial charge >= 0.3 is 6.03 Å². The predicted octanol–water partition coefficient (Wildman–Crippen LogP) is 2.69. The van der Waals surface area contributed by atoms with Crippen molar-refractivity contribution in [1.29, 1.82) is 0 Å². The average molecular weight is 449 g/mol. The van der Waals surface area contributed by atoms with Gasteiger partial charge in [0.25, 0.3) is 5.91 Å². The molecule has 2 rings (SSSR count). The maximum Gasteiger partial charge on any atom is 0.315 e. The maximum atomic E-state index is 12.4. The highest BCUT2D eigenvalue weighted by Crippen LogP contribution is 2.23. The van der Waals surface area contributed by atoms with Crippen molar-refractivity contribution < 1.29 is 14.3 Å². The first-order valence-electron chi connectivity index (χ1n) is 10.2. The van der Waals surface area contributed by atoms with Gasteiger partial charge < -0.3 is 31.3 Å². The fraction of sp³-hybridized carbons (Fsp3) is 0.476. The molecule has 0 bridgehead atoms. The smallest absolute Gasteiger partial charge is 0.315 e. The summed E-state index contributed by atoms with van der Waals surface area (Å²) in [7, 11) is 3.95. The molecule has 0 aromatic carbocycles. The molecule has 0 spiro atoms. The first-order chi connectivity index (χ1) is 14.8. The van der Waals surface area contributed by atoms with Crippen molar-refractivity contribution in [2.45, 2.75) is 32.4 Å². The van der Waals surface area contributed by atoms with Gasteiger partial charge in [-0.25, -0.2) is 4.79 Å². The van der Waals surface area contributed by atoms with E-state index < -0.39 is 0 Å². The molecule has 10 heteroatoms. The fourth-order valence-corrected chi connectivity index (χ4v) is 3.39. The van der Waals surface area contributed by atoms with Crippen molar-refractivity contribution in [2.75, 3.05) is 44.8 Å². The first kappa shape index (κ1) is 24.6. The lowest BCUT2D eigenvalue weighted by atomic mass is 10.1. The van der Waals surface area contributed by atoms with Crippen molar-refractivity contribution in [1.82, 2.24) is 20.5 Å². The maximum absolute atomic E-state index is 12.4. The van der Waals surface area contributed by atoms with Crippen molar-refractivity contribution in [3.8, 4) is 0 Å². The Morgan fingerprint density at radius 2 is 2.03 bits per heavy atom. The van der Waals surface area contributed by atoms with Gasteiger partial charge in [-0.1, -0.05) is 6.07 Å². The Balaban J connectivity index is 1.99. The molecule has 5 N–H and O–H groups in total. The normalized spacial score (nSPS) is 12.1. The van der Waals surface area contributed by atoms with Gasteiger partial charge in [-0.15, -0.1) is 11.3 Å². The lowest BCUT2D eigenvalue weighted by Gasteiger charge is -2.21. The molecule has 1 atom stereocenters. The summed E-state index contributed by atoms with van der Waals surface area (Å²) < 4.78 is 5.44. The van der Waals surface area contributed by atoms with Gasteiger partial charge in [0.1, 0.15) is 5.69 Å². The van der Waals surface area contributed by atoms with Gasteiger partial charge in [-0.2, -0.15) is 0 Å². The highest BCUT2D eigenvalue weighted by atomic mass is 32.1. The molecule has 170 valence electrons. The molecular weight excluding hydrogens is 416 g/mol. The van der Waals surface area contributed by atoms with E-state index in [1.165, 1.54) is 11.3 Å². The molecule has 3 amide bonds. The number of hydrogen-bond acceptors (Lipinski definition) is 7. The van der Waals surface area contributed by atoms with Crippen LogP contribution in [0.25, 0.3) is 0 Å². The summed E-state index contributed by atoms with van der Waals surface area (Å²) in [5.41, 5.74) is 8.00. The molecule has 2 heterocycles. The number of nitrogens with one attached hydrogen (secondary N) is 3. The second kappa shape index (κ2) is 12.2. The van der Waals surface area contributed by atoms with Gasteiger partial charge in [0.2, 0.25) is 0 Å². The van der Waals surface area contributed by atoms with Crippen LogP contribution in [0, 0.1) is 0 Å². The van der Waals surface area contributed by atoms with E-state index in [1.807, 2.05) is 32.8 Å². The van der Waals surface area contributed by atoms with Crippen LogP contribution in [-0.2, 0) is 4.74 Å². The summed E-state index contributed by atoms with van der Waals surface area (Å²) in [6, 6.07) is 2.93. The van der Waals surface area contributed by atoms with Gasteiger partial charge in [0, 0.05) is 23.5 Å². The average Bonchev–Trinajstić information content (AvgIpc) is 3.12. The Labute approximate surface area is 187 Å². The Kier molecular flexibility index (Phi) is 9.70. The molecule has 0 aliphatic heterocycles. The Morgan fingerprint density at radius 3 is 2.61 bits per heavy atom. The number of hydrogen-bond donors (Lipinski definition) is 4. The summed E-state index contributed by atoms with van der Waals surface area (Å²) in [6.45, 7) is 5.55. The molecular formula is C21H32N6O3S. The second-order valence-electron chi connectivity index (χ2n) is 7.64. The Hall–Kier alpha value is -2.69. The summed E-state index contributed by atoms with van der Waals surface area (Å²) in [5.74, 6) is -0.336. The number of urea groups is 1. The van der Waals surface area contributed by atoms with Gasteiger partial charge in [0.05, 0.1) is 30.1 Å². The summed E-state index contributed by atoms with van der Waals surface area (Å²) >= 11 is 1.41. The number of pyridine rings is 1. The van der Waals surface area contributed by atoms with Crippen LogP contribution in [0.3, 0.4) is 0 Å². The minimum Gasteiger partial charge on any atom is -0.396 e. The number of amides is 3. The molecule has 0 saturated heterocycles. The number of aromatic nitrogens is 1. The summed E-state index contributed by atoms with van der Waals surface area (Å²) in [5, 5.41) is 12.1. The molecule has 0 saturated carbocycles. The number of rotatable bonds is 11. The van der Waals surface area contributed by atoms with E-state index in [9.17, 15) is 9.59 Å². The number of anilines is 2. The third kappa shape index (κ3) is 8.52. The molecule has 1 unspecified atom stereocenters. The third-order valence-electron chi connectivity index (χ3n) is 4.37. The zero-order valence-electron chi connectivity index (χ0n) is 18.5. The number of nitrogens with two attached hydrogens (primary N) is 1. The number of nitrogens with zero attached hydrogens (tertiary/aromatic N) is 2. The molecule has 9 nitrogen and oxygen atoms in total. The van der Waals surface area contributed by atoms with Crippen LogP contribution in [0.15, 0.2) is 29.1 Å². The zero-order chi connectivity index (χ0) is 22.8. The molecule has 2 aromatic heterocycles. The van der Waals surface area contributed by atoms with E-state index in [0.29, 0.717) is 30.9 Å². The van der Waals surface area contributed by atoms with Crippen LogP contribution in [-0.4, -0.2) is 61.7 Å². The third-order valence-corrected chi connectivity index (χ3v) is 5.13. The molecule has 0 aliphatic rings. The van der Waals surface area contributed by atoms with Crippen molar-refractivity contribution >= 4 is 34.6 Å². The zero-order valence-corrected chi connectivity index (χ0v) is 19.3. The highest BCUT2D eigenvalue weighted by molar-refractivity contribution is 7.09. The largest absolute Gasteiger partial charge is 0.396 e. The van der Waals surface area contributed by atoms with Gasteiger partial charge in [0.15, 0.2) is 0 Å². The minimum absolute atomic E-state index is 0.121. The van der Waals surface area contributed by atoms with Gasteiger partial charge in [-0.3, -0.25) is 9.78 Å². The number of carbonyl (C=O) groups is 2. The number of carbonyl (C=O) groups excluding carboxylic acids is 2. The summed E-state index contributed by atoms with van der Waals surface area (Å²) in [6.07, 6.45) is 2.44. The molecule has 0 aliphatic carbocycles. The SMILES string of the molecule is CC(C)OCCNC(=O)NC(CCN(C)C)c1ccc(C(=O)Nc2cscc2N)nc1. The van der Waals surface area contributed by atoms with Crippen molar-refractivity contribution in [3.05, 3.63) is 40.3 Å². The quantitative estimate of drug-likeness (QED) is 0.392. The summed E-state index contributed by atoms with van der Waals surface area (Å²) in [4.78, 5) is 31.1.